The number of esters is 1. The van der Waals surface area contributed by atoms with E-state index in [2.05, 4.69) is 0 Å². The molecule has 1 aliphatic carbocycles. The molecule has 0 fully saturated rings. The molecule has 1 rings (SSSR count). The van der Waals surface area contributed by atoms with Gasteiger partial charge in [-0.15, -0.1) is 0 Å². The van der Waals surface area contributed by atoms with Gasteiger partial charge in [-0.05, 0) is 26.2 Å². The maximum atomic E-state index is 11.3. The summed E-state index contributed by atoms with van der Waals surface area (Å²) in [6, 6.07) is 0. The number of hydrogen-bond donors (Lipinski definition) is 1. The number of ether oxygens (including phenoxy) is 1. The van der Waals surface area contributed by atoms with Crippen LogP contribution in [-0.2, 0) is 9.53 Å². The minimum Gasteiger partial charge on any atom is -0.463 e. The van der Waals surface area contributed by atoms with Gasteiger partial charge < -0.3 is 9.84 Å². The zero-order chi connectivity index (χ0) is 9.68. The zero-order valence-electron chi connectivity index (χ0n) is 7.95. The van der Waals surface area contributed by atoms with Gasteiger partial charge in [-0.25, -0.2) is 4.79 Å². The highest BCUT2D eigenvalue weighted by molar-refractivity contribution is 5.89. The van der Waals surface area contributed by atoms with E-state index in [0.717, 1.165) is 19.3 Å². The molecule has 1 atom stereocenters. The van der Waals surface area contributed by atoms with Crippen molar-refractivity contribution in [1.82, 2.24) is 0 Å². The lowest BCUT2D eigenvalue weighted by atomic mass is 10.1. The molecule has 0 bridgehead atoms. The van der Waals surface area contributed by atoms with Gasteiger partial charge in [0.15, 0.2) is 0 Å². The first kappa shape index (κ1) is 10.3. The Labute approximate surface area is 78.4 Å². The van der Waals surface area contributed by atoms with E-state index in [1.54, 1.807) is 13.0 Å². The predicted octanol–water partition coefficient (Wildman–Crippen LogP) is 1.41. The van der Waals surface area contributed by atoms with Crippen LogP contribution >= 0.6 is 0 Å². The molecule has 13 heavy (non-hydrogen) atoms. The molecular weight excluding hydrogens is 168 g/mol. The van der Waals surface area contributed by atoms with Gasteiger partial charge in [0, 0.05) is 0 Å². The smallest absolute Gasteiger partial charge is 0.336 e. The Balaban J connectivity index is 2.62. The average Bonchev–Trinajstić information content (AvgIpc) is 2.30. The normalized spacial score (nSPS) is 23.2. The Kier molecular flexibility index (Phi) is 3.96. The Bertz CT molecular complexity index is 208. The first-order valence-corrected chi connectivity index (χ1v) is 4.81. The minimum atomic E-state index is -0.624. The van der Waals surface area contributed by atoms with Gasteiger partial charge in [0.1, 0.15) is 0 Å². The van der Waals surface area contributed by atoms with Crippen LogP contribution in [-0.4, -0.2) is 23.8 Å². The minimum absolute atomic E-state index is 0.364. The van der Waals surface area contributed by atoms with Crippen LogP contribution in [0.2, 0.25) is 0 Å². The van der Waals surface area contributed by atoms with Gasteiger partial charge in [-0.1, -0.05) is 12.5 Å². The number of hydrogen-bond acceptors (Lipinski definition) is 3. The molecule has 0 aliphatic heterocycles. The molecule has 0 heterocycles. The van der Waals surface area contributed by atoms with E-state index in [9.17, 15) is 9.90 Å². The maximum Gasteiger partial charge on any atom is 0.336 e. The Morgan fingerprint density at radius 3 is 3.15 bits per heavy atom. The van der Waals surface area contributed by atoms with Crippen molar-refractivity contribution in [2.45, 2.75) is 38.7 Å². The van der Waals surface area contributed by atoms with Gasteiger partial charge in [-0.3, -0.25) is 0 Å². The SMILES string of the molecule is CCOC(=O)C1=CCCCCC1O. The van der Waals surface area contributed by atoms with Crippen molar-refractivity contribution in [3.63, 3.8) is 0 Å². The summed E-state index contributed by atoms with van der Waals surface area (Å²) in [4.78, 5) is 11.3. The van der Waals surface area contributed by atoms with E-state index in [4.69, 9.17) is 4.74 Å². The summed E-state index contributed by atoms with van der Waals surface area (Å²) in [7, 11) is 0. The maximum absolute atomic E-state index is 11.3. The Morgan fingerprint density at radius 2 is 2.46 bits per heavy atom. The fourth-order valence-electron chi connectivity index (χ4n) is 1.46. The summed E-state index contributed by atoms with van der Waals surface area (Å²) in [5.74, 6) is -0.364. The second-order valence-electron chi connectivity index (χ2n) is 3.18. The van der Waals surface area contributed by atoms with Gasteiger partial charge in [0.2, 0.25) is 0 Å². The molecule has 3 heteroatoms. The van der Waals surface area contributed by atoms with E-state index < -0.39 is 6.10 Å². The van der Waals surface area contributed by atoms with Gasteiger partial charge in [-0.2, -0.15) is 0 Å². The van der Waals surface area contributed by atoms with Crippen molar-refractivity contribution >= 4 is 5.97 Å². The summed E-state index contributed by atoms with van der Waals surface area (Å²) >= 11 is 0. The molecule has 0 aromatic rings. The molecule has 1 N–H and O–H groups in total. The third kappa shape index (κ3) is 2.84. The zero-order valence-corrected chi connectivity index (χ0v) is 7.95. The van der Waals surface area contributed by atoms with Gasteiger partial charge >= 0.3 is 5.97 Å². The lowest BCUT2D eigenvalue weighted by molar-refractivity contribution is -0.139. The predicted molar refractivity (Wildman–Crippen MR) is 49.2 cm³/mol. The van der Waals surface area contributed by atoms with E-state index >= 15 is 0 Å². The highest BCUT2D eigenvalue weighted by atomic mass is 16.5. The van der Waals surface area contributed by atoms with Crippen molar-refractivity contribution in [2.24, 2.45) is 0 Å². The third-order valence-electron chi connectivity index (χ3n) is 2.17. The highest BCUT2D eigenvalue weighted by Gasteiger charge is 2.20. The number of allylic oxidation sites excluding steroid dienone is 1. The molecule has 0 aromatic heterocycles. The standard InChI is InChI=1S/C10H16O3/c1-2-13-10(12)8-6-4-3-5-7-9(8)11/h6,9,11H,2-5,7H2,1H3. The molecule has 0 saturated carbocycles. The van der Waals surface area contributed by atoms with Gasteiger partial charge in [0.05, 0.1) is 18.3 Å². The number of aliphatic hydroxyl groups excluding tert-OH is 1. The van der Waals surface area contributed by atoms with Crippen LogP contribution in [0, 0.1) is 0 Å². The van der Waals surface area contributed by atoms with E-state index in [1.165, 1.54) is 0 Å². The van der Waals surface area contributed by atoms with Crippen molar-refractivity contribution < 1.29 is 14.6 Å². The second kappa shape index (κ2) is 5.02. The summed E-state index contributed by atoms with van der Waals surface area (Å²) in [6.07, 6.45) is 4.73. The Morgan fingerprint density at radius 1 is 1.69 bits per heavy atom. The fraction of sp³-hybridized carbons (Fsp3) is 0.700. The fourth-order valence-corrected chi connectivity index (χ4v) is 1.46. The summed E-state index contributed by atoms with van der Waals surface area (Å²) in [5.41, 5.74) is 0.444. The quantitative estimate of drug-likeness (QED) is 0.660. The number of carbonyl (C=O) groups is 1. The molecule has 0 radical (unpaired) electrons. The van der Waals surface area contributed by atoms with Gasteiger partial charge in [0.25, 0.3) is 0 Å². The molecule has 1 aliphatic rings. The largest absolute Gasteiger partial charge is 0.463 e. The summed E-state index contributed by atoms with van der Waals surface area (Å²) in [6.45, 7) is 2.13. The molecular formula is C10H16O3. The van der Waals surface area contributed by atoms with Crippen LogP contribution in [0.1, 0.15) is 32.6 Å². The molecule has 74 valence electrons. The molecule has 3 nitrogen and oxygen atoms in total. The van der Waals surface area contributed by atoms with Crippen molar-refractivity contribution in [3.05, 3.63) is 11.6 Å². The first-order chi connectivity index (χ1) is 6.25. The van der Waals surface area contributed by atoms with Crippen LogP contribution in [0.5, 0.6) is 0 Å². The lowest BCUT2D eigenvalue weighted by Gasteiger charge is -2.10. The average molecular weight is 184 g/mol. The lowest BCUT2D eigenvalue weighted by Crippen LogP contribution is -2.19. The number of aliphatic hydroxyl groups is 1. The molecule has 0 amide bonds. The van der Waals surface area contributed by atoms with Crippen LogP contribution in [0.25, 0.3) is 0 Å². The first-order valence-electron chi connectivity index (χ1n) is 4.81. The molecule has 0 spiro atoms. The van der Waals surface area contributed by atoms with Crippen molar-refractivity contribution in [2.75, 3.05) is 6.61 Å². The van der Waals surface area contributed by atoms with Crippen molar-refractivity contribution in [3.8, 4) is 0 Å². The molecule has 1 unspecified atom stereocenters. The highest BCUT2D eigenvalue weighted by Crippen LogP contribution is 2.18. The van der Waals surface area contributed by atoms with Crippen LogP contribution in [0.3, 0.4) is 0 Å². The van der Waals surface area contributed by atoms with Crippen LogP contribution < -0.4 is 0 Å². The second-order valence-corrected chi connectivity index (χ2v) is 3.18. The topological polar surface area (TPSA) is 46.5 Å². The van der Waals surface area contributed by atoms with E-state index in [0.29, 0.717) is 18.6 Å². The van der Waals surface area contributed by atoms with Crippen LogP contribution in [0.4, 0.5) is 0 Å². The number of rotatable bonds is 2. The Hall–Kier alpha value is -0.830. The monoisotopic (exact) mass is 184 g/mol. The van der Waals surface area contributed by atoms with E-state index in [-0.39, 0.29) is 5.97 Å². The van der Waals surface area contributed by atoms with Crippen molar-refractivity contribution in [1.29, 1.82) is 0 Å². The van der Waals surface area contributed by atoms with E-state index in [1.807, 2.05) is 0 Å². The third-order valence-corrected chi connectivity index (χ3v) is 2.17. The molecule has 0 saturated heterocycles. The van der Waals surface area contributed by atoms with Crippen LogP contribution in [0.15, 0.2) is 11.6 Å². The molecule has 0 aromatic carbocycles. The summed E-state index contributed by atoms with van der Waals surface area (Å²) in [5, 5.41) is 9.58. The number of carbonyl (C=O) groups excluding carboxylic acids is 1. The summed E-state index contributed by atoms with van der Waals surface area (Å²) < 4.78 is 4.84.